The topological polar surface area (TPSA) is 104 Å². The highest BCUT2D eigenvalue weighted by atomic mass is 16.4. The molecule has 5 N–H and O–H groups in total. The largest absolute Gasteiger partial charge is 0.508 e. The lowest BCUT2D eigenvalue weighted by Gasteiger charge is -2.28. The van der Waals surface area contributed by atoms with Crippen LogP contribution < -0.4 is 5.73 Å². The van der Waals surface area contributed by atoms with Crippen LogP contribution in [-0.2, 0) is 16.6 Å². The molecule has 0 aliphatic rings. The molecule has 154 valence electrons. The third kappa shape index (κ3) is 7.15. The second kappa shape index (κ2) is 9.56. The second-order valence-electron chi connectivity index (χ2n) is 9.25. The third-order valence-electron chi connectivity index (χ3n) is 5.40. The van der Waals surface area contributed by atoms with Crippen LogP contribution in [0.15, 0.2) is 18.2 Å². The zero-order chi connectivity index (χ0) is 20.9. The van der Waals surface area contributed by atoms with Gasteiger partial charge < -0.3 is 21.1 Å². The number of aliphatic hydroxyl groups is 1. The molecule has 5 heteroatoms. The summed E-state index contributed by atoms with van der Waals surface area (Å²) in [4.78, 5) is 11.0. The van der Waals surface area contributed by atoms with E-state index >= 15 is 0 Å². The van der Waals surface area contributed by atoms with Crippen LogP contribution in [0.1, 0.15) is 65.5 Å². The maximum Gasteiger partial charge on any atom is 0.306 e. The first-order valence-electron chi connectivity index (χ1n) is 9.81. The third-order valence-corrected chi connectivity index (χ3v) is 5.40. The predicted octanol–water partition coefficient (Wildman–Crippen LogP) is 3.69. The Balaban J connectivity index is 2.82. The fraction of sp³-hybridized carbons (Fsp3) is 0.682. The number of nitrogens with two attached hydrogens (primary N) is 1. The fourth-order valence-electron chi connectivity index (χ4n) is 3.38. The molecular formula is C22H37NO4. The van der Waals surface area contributed by atoms with Crippen molar-refractivity contribution in [2.75, 3.05) is 0 Å². The van der Waals surface area contributed by atoms with Crippen molar-refractivity contribution < 1.29 is 20.1 Å². The molecule has 0 bridgehead atoms. The Kier molecular flexibility index (Phi) is 8.30. The Morgan fingerprint density at radius 2 is 1.74 bits per heavy atom. The lowest BCUT2D eigenvalue weighted by atomic mass is 9.81. The minimum absolute atomic E-state index is 0.118. The van der Waals surface area contributed by atoms with Crippen LogP contribution in [0.25, 0.3) is 0 Å². The van der Waals surface area contributed by atoms with E-state index in [1.807, 2.05) is 18.2 Å². The summed E-state index contributed by atoms with van der Waals surface area (Å²) in [6, 6.07) is 5.38. The van der Waals surface area contributed by atoms with Crippen LogP contribution >= 0.6 is 0 Å². The lowest BCUT2D eigenvalue weighted by molar-refractivity contribution is -0.142. The first-order chi connectivity index (χ1) is 12.3. The summed E-state index contributed by atoms with van der Waals surface area (Å²) in [7, 11) is 0. The van der Waals surface area contributed by atoms with Crippen molar-refractivity contribution in [3.05, 3.63) is 29.3 Å². The number of hydrogen-bond donors (Lipinski definition) is 4. The van der Waals surface area contributed by atoms with Crippen LogP contribution in [0.2, 0.25) is 0 Å². The van der Waals surface area contributed by atoms with E-state index in [0.717, 1.165) is 17.5 Å². The van der Waals surface area contributed by atoms with Gasteiger partial charge in [-0.1, -0.05) is 53.7 Å². The summed E-state index contributed by atoms with van der Waals surface area (Å²) < 4.78 is 0. The van der Waals surface area contributed by atoms with Gasteiger partial charge in [-0.15, -0.1) is 0 Å². The van der Waals surface area contributed by atoms with Gasteiger partial charge in [0.25, 0.3) is 0 Å². The van der Waals surface area contributed by atoms with Crippen LogP contribution in [0, 0.1) is 17.8 Å². The van der Waals surface area contributed by atoms with Gasteiger partial charge in [-0.2, -0.15) is 0 Å². The van der Waals surface area contributed by atoms with Crippen molar-refractivity contribution in [1.29, 1.82) is 0 Å². The van der Waals surface area contributed by atoms with Crippen molar-refractivity contribution in [1.82, 2.24) is 0 Å². The van der Waals surface area contributed by atoms with E-state index in [1.165, 1.54) is 0 Å². The second-order valence-corrected chi connectivity index (χ2v) is 9.25. The molecule has 0 spiro atoms. The van der Waals surface area contributed by atoms with Gasteiger partial charge >= 0.3 is 5.97 Å². The van der Waals surface area contributed by atoms with E-state index in [1.54, 1.807) is 6.92 Å². The number of aromatic hydroxyl groups is 1. The molecule has 0 unspecified atom stereocenters. The van der Waals surface area contributed by atoms with Crippen molar-refractivity contribution in [2.45, 2.75) is 78.4 Å². The normalized spacial score (nSPS) is 16.8. The first kappa shape index (κ1) is 23.4. The molecule has 1 rings (SSSR count). The highest BCUT2D eigenvalue weighted by molar-refractivity contribution is 5.69. The number of carboxylic acids is 1. The van der Waals surface area contributed by atoms with Gasteiger partial charge in [-0.05, 0) is 53.7 Å². The summed E-state index contributed by atoms with van der Waals surface area (Å²) in [5.41, 5.74) is 8.02. The summed E-state index contributed by atoms with van der Waals surface area (Å²) in [6.45, 7) is 12.0. The van der Waals surface area contributed by atoms with E-state index in [9.17, 15) is 15.0 Å². The zero-order valence-electron chi connectivity index (χ0n) is 17.6. The van der Waals surface area contributed by atoms with Gasteiger partial charge in [-0.3, -0.25) is 4.79 Å². The van der Waals surface area contributed by atoms with Gasteiger partial charge in [0.05, 0.1) is 12.0 Å². The van der Waals surface area contributed by atoms with Gasteiger partial charge in [0.1, 0.15) is 5.75 Å². The number of phenolic OH excluding ortho intramolecular Hbond substituents is 1. The number of aliphatic hydroxyl groups excluding tert-OH is 1. The van der Waals surface area contributed by atoms with Crippen LogP contribution in [0.5, 0.6) is 5.75 Å². The molecule has 0 amide bonds. The average Bonchev–Trinajstić information content (AvgIpc) is 2.52. The standard InChI is InChI=1S/C22H37NO4/c1-13(2)16(12-18(23)20(25)9-14(3)21(26)27)10-15-7-8-17(19(24)11-15)22(4,5)6/h7-8,11,13-14,16,18,20,24-25H,9-10,12,23H2,1-6H3,(H,26,27)/t14-,16+,18+,20+/m1/s1. The van der Waals surface area contributed by atoms with Crippen molar-refractivity contribution in [3.63, 3.8) is 0 Å². The van der Waals surface area contributed by atoms with Crippen molar-refractivity contribution in [3.8, 4) is 5.75 Å². The number of rotatable bonds is 9. The first-order valence-corrected chi connectivity index (χ1v) is 9.81. The average molecular weight is 380 g/mol. The highest BCUT2D eigenvalue weighted by Gasteiger charge is 2.26. The highest BCUT2D eigenvalue weighted by Crippen LogP contribution is 2.33. The Bertz CT molecular complexity index is 621. The molecule has 0 aliphatic heterocycles. The molecule has 0 saturated carbocycles. The van der Waals surface area contributed by atoms with E-state index in [-0.39, 0.29) is 17.8 Å². The predicted molar refractivity (Wildman–Crippen MR) is 109 cm³/mol. The Morgan fingerprint density at radius 3 is 2.19 bits per heavy atom. The van der Waals surface area contributed by atoms with Gasteiger partial charge in [0.2, 0.25) is 0 Å². The summed E-state index contributed by atoms with van der Waals surface area (Å²) in [5, 5.41) is 29.7. The molecule has 27 heavy (non-hydrogen) atoms. The monoisotopic (exact) mass is 379 g/mol. The Labute approximate surface area is 163 Å². The van der Waals surface area contributed by atoms with Crippen LogP contribution in [0.3, 0.4) is 0 Å². The zero-order valence-corrected chi connectivity index (χ0v) is 17.6. The fourth-order valence-corrected chi connectivity index (χ4v) is 3.38. The number of carbonyl (C=O) groups is 1. The Hall–Kier alpha value is -1.59. The minimum atomic E-state index is -0.920. The summed E-state index contributed by atoms with van der Waals surface area (Å²) in [5.74, 6) is -0.650. The maximum absolute atomic E-state index is 11.0. The molecule has 0 saturated heterocycles. The van der Waals surface area contributed by atoms with Gasteiger partial charge in [-0.25, -0.2) is 0 Å². The Morgan fingerprint density at radius 1 is 1.15 bits per heavy atom. The number of hydrogen-bond acceptors (Lipinski definition) is 4. The van der Waals surface area contributed by atoms with E-state index in [2.05, 4.69) is 34.6 Å². The van der Waals surface area contributed by atoms with E-state index in [4.69, 9.17) is 10.8 Å². The SMILES string of the molecule is CC(C)[C@@H](Cc1ccc(C(C)(C)C)c(O)c1)C[C@H](N)[C@@H](O)C[C@@H](C)C(=O)O. The van der Waals surface area contributed by atoms with E-state index in [0.29, 0.717) is 18.1 Å². The molecule has 0 aromatic heterocycles. The quantitative estimate of drug-likeness (QED) is 0.524. The van der Waals surface area contributed by atoms with Crippen LogP contribution in [0.4, 0.5) is 0 Å². The number of carboxylic acid groups (broad SMARTS) is 1. The molecular weight excluding hydrogens is 342 g/mol. The molecule has 0 aliphatic carbocycles. The van der Waals surface area contributed by atoms with Gasteiger partial charge in [0.15, 0.2) is 0 Å². The molecule has 0 heterocycles. The van der Waals surface area contributed by atoms with E-state index < -0.39 is 24.0 Å². The number of benzene rings is 1. The minimum Gasteiger partial charge on any atom is -0.508 e. The van der Waals surface area contributed by atoms with Crippen LogP contribution in [-0.4, -0.2) is 33.4 Å². The summed E-state index contributed by atoms with van der Waals surface area (Å²) in [6.07, 6.45) is 0.675. The van der Waals surface area contributed by atoms with Crippen molar-refractivity contribution in [2.24, 2.45) is 23.5 Å². The maximum atomic E-state index is 11.0. The smallest absolute Gasteiger partial charge is 0.306 e. The van der Waals surface area contributed by atoms with Gasteiger partial charge in [0, 0.05) is 6.04 Å². The molecule has 1 aromatic rings. The molecule has 1 aromatic carbocycles. The number of aliphatic carboxylic acids is 1. The molecule has 0 fully saturated rings. The number of phenols is 1. The molecule has 0 radical (unpaired) electrons. The summed E-state index contributed by atoms with van der Waals surface area (Å²) >= 11 is 0. The molecule has 4 atom stereocenters. The van der Waals surface area contributed by atoms with Crippen molar-refractivity contribution >= 4 is 5.97 Å². The lowest BCUT2D eigenvalue weighted by Crippen LogP contribution is -2.39. The molecule has 5 nitrogen and oxygen atoms in total.